The van der Waals surface area contributed by atoms with Crippen molar-refractivity contribution in [2.24, 2.45) is 5.92 Å². The van der Waals surface area contributed by atoms with Crippen LogP contribution in [0.25, 0.3) is 11.2 Å². The number of aliphatic hydroxyl groups excluding tert-OH is 1. The van der Waals surface area contributed by atoms with Crippen LogP contribution in [0, 0.1) is 5.92 Å². The Morgan fingerprint density at radius 3 is 2.96 bits per heavy atom. The third-order valence-corrected chi connectivity index (χ3v) is 3.90. The molecule has 0 amide bonds. The number of alkyl halides is 1. The number of hydrogen-bond acceptors (Lipinski definition) is 8. The maximum absolute atomic E-state index is 14.9. The van der Waals surface area contributed by atoms with Crippen LogP contribution in [-0.4, -0.2) is 55.6 Å². The van der Waals surface area contributed by atoms with Crippen LogP contribution < -0.4 is 11.3 Å². The number of hydrogen-bond donors (Lipinski definition) is 3. The van der Waals surface area contributed by atoms with Crippen LogP contribution in [0.3, 0.4) is 0 Å². The second-order valence-electron chi connectivity index (χ2n) is 6.02. The monoisotopic (exact) mass is 355 g/mol. The van der Waals surface area contributed by atoms with Crippen LogP contribution in [0.4, 0.5) is 10.3 Å². The van der Waals surface area contributed by atoms with Crippen LogP contribution >= 0.6 is 0 Å². The van der Waals surface area contributed by atoms with Gasteiger partial charge in [0.2, 0.25) is 5.95 Å². The quantitative estimate of drug-likeness (QED) is 0.622. The minimum absolute atomic E-state index is 0.0291. The lowest BCUT2D eigenvalue weighted by Crippen LogP contribution is -2.36. The summed E-state index contributed by atoms with van der Waals surface area (Å²) in [6, 6.07) is 0. The number of carbonyl (C=O) groups is 1. The molecule has 0 aliphatic carbocycles. The van der Waals surface area contributed by atoms with Crippen molar-refractivity contribution >= 4 is 23.1 Å². The fourth-order valence-corrected chi connectivity index (χ4v) is 2.61. The van der Waals surface area contributed by atoms with Gasteiger partial charge < -0.3 is 20.3 Å². The number of nitrogens with two attached hydrogens (primary N) is 1. The average Bonchev–Trinajstić information content (AvgIpc) is 3.09. The summed E-state index contributed by atoms with van der Waals surface area (Å²) < 4.78 is 26.7. The van der Waals surface area contributed by atoms with Gasteiger partial charge in [-0.1, -0.05) is 13.8 Å². The van der Waals surface area contributed by atoms with Gasteiger partial charge in [-0.15, -0.1) is 0 Å². The van der Waals surface area contributed by atoms with Gasteiger partial charge in [0, 0.05) is 0 Å². The van der Waals surface area contributed by atoms with Crippen molar-refractivity contribution in [3.8, 4) is 0 Å². The molecule has 0 saturated carbocycles. The molecule has 136 valence electrons. The fraction of sp³-hybridized carbons (Fsp3) is 0.571. The Kier molecular flexibility index (Phi) is 4.43. The molecule has 0 spiro atoms. The van der Waals surface area contributed by atoms with E-state index >= 15 is 0 Å². The molecule has 2 aromatic heterocycles. The van der Waals surface area contributed by atoms with Crippen molar-refractivity contribution in [2.45, 2.75) is 38.5 Å². The number of rotatable bonds is 4. The molecule has 4 N–H and O–H groups in total. The minimum atomic E-state index is -1.79. The van der Waals surface area contributed by atoms with Crippen molar-refractivity contribution in [3.63, 3.8) is 0 Å². The first-order valence-corrected chi connectivity index (χ1v) is 7.66. The lowest BCUT2D eigenvalue weighted by Gasteiger charge is -2.19. The van der Waals surface area contributed by atoms with E-state index in [1.807, 2.05) is 0 Å². The molecular weight excluding hydrogens is 337 g/mol. The Morgan fingerprint density at radius 2 is 2.32 bits per heavy atom. The predicted molar refractivity (Wildman–Crippen MR) is 83.2 cm³/mol. The molecule has 3 heterocycles. The van der Waals surface area contributed by atoms with Gasteiger partial charge in [-0.3, -0.25) is 19.1 Å². The average molecular weight is 355 g/mol. The number of fused-ring (bicyclic) bond motifs is 1. The summed E-state index contributed by atoms with van der Waals surface area (Å²) in [6.45, 7) is 2.67. The van der Waals surface area contributed by atoms with E-state index < -0.39 is 48.7 Å². The van der Waals surface area contributed by atoms with Crippen LogP contribution in [-0.2, 0) is 14.3 Å². The van der Waals surface area contributed by atoms with Gasteiger partial charge in [-0.05, 0) is 0 Å². The summed E-state index contributed by atoms with van der Waals surface area (Å²) >= 11 is 0. The molecule has 0 aromatic carbocycles. The standard InChI is InChI=1S/C14H18FN5O5/c1-5(2)13(23)25-9-6(3-21)24-12(7(9)15)20-4-17-8-10(20)18-14(16)19-11(8)22/h4-7,9,12,21H,3H2,1-2H3,(H3,16,18,19,22). The van der Waals surface area contributed by atoms with Gasteiger partial charge in [0.15, 0.2) is 29.7 Å². The summed E-state index contributed by atoms with van der Waals surface area (Å²) in [4.78, 5) is 33.7. The van der Waals surface area contributed by atoms with Crippen LogP contribution in [0.1, 0.15) is 20.1 Å². The second-order valence-corrected chi connectivity index (χ2v) is 6.02. The first-order chi connectivity index (χ1) is 11.8. The van der Waals surface area contributed by atoms with Gasteiger partial charge in [-0.2, -0.15) is 4.98 Å². The molecule has 11 heteroatoms. The predicted octanol–water partition coefficient (Wildman–Crippen LogP) is -0.503. The molecule has 2 aromatic rings. The maximum Gasteiger partial charge on any atom is 0.308 e. The number of nitrogen functional groups attached to an aromatic ring is 1. The molecular formula is C14H18FN5O5. The maximum atomic E-state index is 14.9. The molecule has 10 nitrogen and oxygen atoms in total. The molecule has 4 unspecified atom stereocenters. The third kappa shape index (κ3) is 2.96. The van der Waals surface area contributed by atoms with E-state index in [1.165, 1.54) is 10.9 Å². The van der Waals surface area contributed by atoms with Gasteiger partial charge in [0.05, 0.1) is 18.9 Å². The SMILES string of the molecule is CC(C)C(=O)OC1C(CO)OC(n2cnc3c(=O)[nH]c(N)nc32)C1F. The normalized spacial score (nSPS) is 26.4. The van der Waals surface area contributed by atoms with Gasteiger partial charge in [0.25, 0.3) is 5.56 Å². The number of nitrogens with one attached hydrogen (secondary N) is 1. The fourth-order valence-electron chi connectivity index (χ4n) is 2.61. The zero-order valence-electron chi connectivity index (χ0n) is 13.5. The summed E-state index contributed by atoms with van der Waals surface area (Å²) in [5, 5.41) is 9.42. The molecule has 1 saturated heterocycles. The zero-order valence-corrected chi connectivity index (χ0v) is 13.5. The van der Waals surface area contributed by atoms with E-state index in [4.69, 9.17) is 15.2 Å². The first-order valence-electron chi connectivity index (χ1n) is 7.66. The number of nitrogens with zero attached hydrogens (tertiary/aromatic N) is 3. The highest BCUT2D eigenvalue weighted by molar-refractivity contribution is 5.72. The molecule has 1 fully saturated rings. The molecule has 1 aliphatic rings. The Balaban J connectivity index is 1.96. The van der Waals surface area contributed by atoms with Crippen molar-refractivity contribution in [1.29, 1.82) is 0 Å². The van der Waals surface area contributed by atoms with E-state index in [9.17, 15) is 19.1 Å². The third-order valence-electron chi connectivity index (χ3n) is 3.90. The van der Waals surface area contributed by atoms with Crippen molar-refractivity contribution in [2.75, 3.05) is 12.3 Å². The Morgan fingerprint density at radius 1 is 1.60 bits per heavy atom. The van der Waals surface area contributed by atoms with E-state index in [0.29, 0.717) is 0 Å². The largest absolute Gasteiger partial charge is 0.456 e. The number of anilines is 1. The van der Waals surface area contributed by atoms with Gasteiger partial charge in [-0.25, -0.2) is 9.37 Å². The lowest BCUT2D eigenvalue weighted by molar-refractivity contribution is -0.158. The first kappa shape index (κ1) is 17.3. The van der Waals surface area contributed by atoms with E-state index in [0.717, 1.165) is 0 Å². The lowest BCUT2D eigenvalue weighted by atomic mass is 10.1. The molecule has 1 aliphatic heterocycles. The van der Waals surface area contributed by atoms with Crippen molar-refractivity contribution in [1.82, 2.24) is 19.5 Å². The van der Waals surface area contributed by atoms with Crippen LogP contribution in [0.2, 0.25) is 0 Å². The second kappa shape index (κ2) is 6.41. The Labute approximate surface area is 140 Å². The topological polar surface area (TPSA) is 145 Å². The highest BCUT2D eigenvalue weighted by atomic mass is 19.1. The number of H-pyrrole nitrogens is 1. The van der Waals surface area contributed by atoms with Crippen molar-refractivity contribution in [3.05, 3.63) is 16.7 Å². The number of aliphatic hydroxyl groups is 1. The number of carbonyl (C=O) groups excluding carboxylic acids is 1. The number of halogens is 1. The van der Waals surface area contributed by atoms with Gasteiger partial charge in [0.1, 0.15) is 6.10 Å². The summed E-state index contributed by atoms with van der Waals surface area (Å²) in [5.74, 6) is -1.22. The summed E-state index contributed by atoms with van der Waals surface area (Å²) in [7, 11) is 0. The number of ether oxygens (including phenoxy) is 2. The van der Waals surface area contributed by atoms with Crippen molar-refractivity contribution < 1.29 is 23.8 Å². The molecule has 0 radical (unpaired) electrons. The number of aromatic nitrogens is 4. The van der Waals surface area contributed by atoms with E-state index in [2.05, 4.69) is 15.0 Å². The van der Waals surface area contributed by atoms with Gasteiger partial charge >= 0.3 is 5.97 Å². The smallest absolute Gasteiger partial charge is 0.308 e. The summed E-state index contributed by atoms with van der Waals surface area (Å²) in [6.07, 6.45) is -4.23. The van der Waals surface area contributed by atoms with Crippen LogP contribution in [0.5, 0.6) is 0 Å². The highest BCUT2D eigenvalue weighted by Gasteiger charge is 2.49. The Hall–Kier alpha value is -2.53. The highest BCUT2D eigenvalue weighted by Crippen LogP contribution is 2.35. The molecule has 4 atom stereocenters. The molecule has 0 bridgehead atoms. The number of imidazole rings is 1. The number of esters is 1. The van der Waals surface area contributed by atoms with E-state index in [1.54, 1.807) is 13.8 Å². The van der Waals surface area contributed by atoms with Crippen LogP contribution in [0.15, 0.2) is 11.1 Å². The summed E-state index contributed by atoms with van der Waals surface area (Å²) in [5.41, 5.74) is 4.94. The molecule has 25 heavy (non-hydrogen) atoms. The zero-order chi connectivity index (χ0) is 18.3. The minimum Gasteiger partial charge on any atom is -0.456 e. The Bertz CT molecular complexity index is 850. The number of aromatic amines is 1. The van der Waals surface area contributed by atoms with E-state index in [-0.39, 0.29) is 17.1 Å². The molecule has 3 rings (SSSR count).